The Morgan fingerprint density at radius 2 is 2.21 bits per heavy atom. The maximum Gasteiger partial charge on any atom is 0.0729 e. The number of benzene rings is 1. The normalized spacial score (nSPS) is 16.4. The molecule has 0 spiro atoms. The molecular weight excluding hydrogens is 314 g/mol. The van der Waals surface area contributed by atoms with Crippen molar-refractivity contribution in [1.82, 2.24) is 0 Å². The van der Waals surface area contributed by atoms with E-state index in [0.717, 1.165) is 33.2 Å². The van der Waals surface area contributed by atoms with Crippen LogP contribution in [0.1, 0.15) is 0 Å². The second kappa shape index (κ2) is 4.12. The standard InChI is InChI=1S/C9H10ClIN2O/c10-6-1-9(8(12)2-7(6)11)13-5-3-14-4-5/h1-2,5,13H,3-4,12H2. The van der Waals surface area contributed by atoms with E-state index in [9.17, 15) is 0 Å². The van der Waals surface area contributed by atoms with Gasteiger partial charge in [-0.05, 0) is 34.7 Å². The zero-order valence-corrected chi connectivity index (χ0v) is 10.3. The lowest BCUT2D eigenvalue weighted by Crippen LogP contribution is -2.40. The molecule has 1 aliphatic heterocycles. The van der Waals surface area contributed by atoms with Crippen LogP contribution in [0.3, 0.4) is 0 Å². The van der Waals surface area contributed by atoms with Gasteiger partial charge < -0.3 is 15.8 Å². The Labute approximate surface area is 101 Å². The molecule has 0 radical (unpaired) electrons. The van der Waals surface area contributed by atoms with Crippen LogP contribution < -0.4 is 11.1 Å². The molecule has 1 aromatic rings. The van der Waals surface area contributed by atoms with E-state index in [-0.39, 0.29) is 0 Å². The van der Waals surface area contributed by atoms with E-state index in [1.54, 1.807) is 0 Å². The van der Waals surface area contributed by atoms with Crippen LogP contribution in [-0.2, 0) is 4.74 Å². The fourth-order valence-corrected chi connectivity index (χ4v) is 1.88. The van der Waals surface area contributed by atoms with Gasteiger partial charge >= 0.3 is 0 Å². The van der Waals surface area contributed by atoms with E-state index in [2.05, 4.69) is 27.9 Å². The highest BCUT2D eigenvalue weighted by molar-refractivity contribution is 14.1. The molecule has 1 aliphatic rings. The molecule has 3 N–H and O–H groups in total. The maximum absolute atomic E-state index is 6.00. The topological polar surface area (TPSA) is 47.3 Å². The van der Waals surface area contributed by atoms with Crippen molar-refractivity contribution in [3.8, 4) is 0 Å². The molecule has 0 aromatic heterocycles. The van der Waals surface area contributed by atoms with E-state index in [0.29, 0.717) is 6.04 Å². The van der Waals surface area contributed by atoms with Crippen molar-refractivity contribution in [3.63, 3.8) is 0 Å². The molecule has 2 rings (SSSR count). The van der Waals surface area contributed by atoms with Crippen LogP contribution in [0.2, 0.25) is 5.02 Å². The molecule has 0 amide bonds. The van der Waals surface area contributed by atoms with E-state index >= 15 is 0 Å². The fourth-order valence-electron chi connectivity index (χ4n) is 1.23. The summed E-state index contributed by atoms with van der Waals surface area (Å²) in [6.07, 6.45) is 0. The molecule has 76 valence electrons. The molecule has 0 atom stereocenters. The second-order valence-electron chi connectivity index (χ2n) is 3.23. The quantitative estimate of drug-likeness (QED) is 0.648. The van der Waals surface area contributed by atoms with Crippen molar-refractivity contribution in [2.75, 3.05) is 24.3 Å². The summed E-state index contributed by atoms with van der Waals surface area (Å²) >= 11 is 8.16. The summed E-state index contributed by atoms with van der Waals surface area (Å²) < 4.78 is 6.03. The van der Waals surface area contributed by atoms with Crippen molar-refractivity contribution < 1.29 is 4.74 Å². The summed E-state index contributed by atoms with van der Waals surface area (Å²) in [5.41, 5.74) is 7.47. The van der Waals surface area contributed by atoms with Gasteiger partial charge in [-0.15, -0.1) is 0 Å². The van der Waals surface area contributed by atoms with Crippen molar-refractivity contribution >= 4 is 45.6 Å². The first kappa shape index (κ1) is 10.3. The van der Waals surface area contributed by atoms with Gasteiger partial charge in [-0.2, -0.15) is 0 Å². The lowest BCUT2D eigenvalue weighted by Gasteiger charge is -2.28. The van der Waals surface area contributed by atoms with Crippen LogP contribution in [0, 0.1) is 3.57 Å². The Hall–Kier alpha value is -0.200. The Kier molecular flexibility index (Phi) is 3.04. The van der Waals surface area contributed by atoms with Crippen molar-refractivity contribution in [3.05, 3.63) is 20.7 Å². The average Bonchev–Trinajstić information content (AvgIpc) is 2.06. The van der Waals surface area contributed by atoms with Gasteiger partial charge in [0.15, 0.2) is 0 Å². The molecule has 1 heterocycles. The first-order valence-corrected chi connectivity index (χ1v) is 5.71. The number of nitrogen functional groups attached to an aromatic ring is 1. The molecule has 14 heavy (non-hydrogen) atoms. The van der Waals surface area contributed by atoms with E-state index in [4.69, 9.17) is 22.1 Å². The Balaban J connectivity index is 2.19. The van der Waals surface area contributed by atoms with Crippen LogP contribution >= 0.6 is 34.2 Å². The highest BCUT2D eigenvalue weighted by Gasteiger charge is 2.19. The largest absolute Gasteiger partial charge is 0.397 e. The Bertz CT molecular complexity index is 355. The van der Waals surface area contributed by atoms with E-state index in [1.165, 1.54) is 0 Å². The Morgan fingerprint density at radius 3 is 2.79 bits per heavy atom. The third kappa shape index (κ3) is 2.07. The number of rotatable bonds is 2. The highest BCUT2D eigenvalue weighted by atomic mass is 127. The van der Waals surface area contributed by atoms with Gasteiger partial charge in [0.05, 0.1) is 35.7 Å². The summed E-state index contributed by atoms with van der Waals surface area (Å²) in [5.74, 6) is 0. The number of ether oxygens (including phenoxy) is 1. The predicted molar refractivity (Wildman–Crippen MR) is 66.8 cm³/mol. The van der Waals surface area contributed by atoms with Crippen LogP contribution in [0.4, 0.5) is 11.4 Å². The third-order valence-corrected chi connectivity index (χ3v) is 3.61. The summed E-state index contributed by atoms with van der Waals surface area (Å²) in [6, 6.07) is 4.09. The monoisotopic (exact) mass is 324 g/mol. The molecular formula is C9H10ClIN2O. The van der Waals surface area contributed by atoms with Gasteiger partial charge in [-0.3, -0.25) is 0 Å². The number of halogens is 2. The zero-order valence-electron chi connectivity index (χ0n) is 7.39. The second-order valence-corrected chi connectivity index (χ2v) is 4.80. The fraction of sp³-hybridized carbons (Fsp3) is 0.333. The summed E-state index contributed by atoms with van der Waals surface area (Å²) in [7, 11) is 0. The van der Waals surface area contributed by atoms with Crippen LogP contribution in [0.25, 0.3) is 0 Å². The molecule has 1 fully saturated rings. The molecule has 0 bridgehead atoms. The van der Waals surface area contributed by atoms with Crippen molar-refractivity contribution in [2.45, 2.75) is 6.04 Å². The summed E-state index contributed by atoms with van der Waals surface area (Å²) in [5, 5.41) is 4.00. The van der Waals surface area contributed by atoms with Crippen LogP contribution in [0.15, 0.2) is 12.1 Å². The van der Waals surface area contributed by atoms with Crippen molar-refractivity contribution in [1.29, 1.82) is 0 Å². The van der Waals surface area contributed by atoms with Gasteiger partial charge in [-0.1, -0.05) is 11.6 Å². The smallest absolute Gasteiger partial charge is 0.0729 e. The minimum atomic E-state index is 0.369. The summed E-state index contributed by atoms with van der Waals surface area (Å²) in [4.78, 5) is 0. The molecule has 0 unspecified atom stereocenters. The van der Waals surface area contributed by atoms with Crippen molar-refractivity contribution in [2.24, 2.45) is 0 Å². The summed E-state index contributed by atoms with van der Waals surface area (Å²) in [6.45, 7) is 1.48. The highest BCUT2D eigenvalue weighted by Crippen LogP contribution is 2.29. The third-order valence-electron chi connectivity index (χ3n) is 2.09. The number of hydrogen-bond donors (Lipinski definition) is 2. The zero-order chi connectivity index (χ0) is 10.1. The number of hydrogen-bond acceptors (Lipinski definition) is 3. The van der Waals surface area contributed by atoms with Crippen LogP contribution in [-0.4, -0.2) is 19.3 Å². The number of nitrogens with two attached hydrogens (primary N) is 1. The molecule has 1 aromatic carbocycles. The first-order chi connectivity index (χ1) is 6.66. The molecule has 0 aliphatic carbocycles. The minimum absolute atomic E-state index is 0.369. The lowest BCUT2D eigenvalue weighted by molar-refractivity contribution is 0.0211. The lowest BCUT2D eigenvalue weighted by atomic mass is 10.2. The van der Waals surface area contributed by atoms with E-state index in [1.807, 2.05) is 12.1 Å². The molecule has 1 saturated heterocycles. The molecule has 5 heteroatoms. The predicted octanol–water partition coefficient (Wildman–Crippen LogP) is 2.34. The van der Waals surface area contributed by atoms with Gasteiger partial charge in [0.2, 0.25) is 0 Å². The molecule has 3 nitrogen and oxygen atoms in total. The Morgan fingerprint density at radius 1 is 1.50 bits per heavy atom. The maximum atomic E-state index is 6.00. The minimum Gasteiger partial charge on any atom is -0.397 e. The average molecular weight is 325 g/mol. The van der Waals surface area contributed by atoms with Gasteiger partial charge in [0.1, 0.15) is 0 Å². The van der Waals surface area contributed by atoms with E-state index < -0.39 is 0 Å². The number of nitrogens with one attached hydrogen (secondary N) is 1. The molecule has 0 saturated carbocycles. The van der Waals surface area contributed by atoms with Gasteiger partial charge in [-0.25, -0.2) is 0 Å². The van der Waals surface area contributed by atoms with Gasteiger partial charge in [0.25, 0.3) is 0 Å². The van der Waals surface area contributed by atoms with Gasteiger partial charge in [0, 0.05) is 3.57 Å². The SMILES string of the molecule is Nc1cc(I)c(Cl)cc1NC1COC1. The van der Waals surface area contributed by atoms with Crippen LogP contribution in [0.5, 0.6) is 0 Å². The first-order valence-electron chi connectivity index (χ1n) is 4.25. The number of anilines is 2.